The first-order valence-electron chi connectivity index (χ1n) is 7.28. The van der Waals surface area contributed by atoms with Crippen LogP contribution in [0, 0.1) is 5.82 Å². The van der Waals surface area contributed by atoms with Crippen molar-refractivity contribution in [2.45, 2.75) is 13.2 Å². The van der Waals surface area contributed by atoms with E-state index in [4.69, 9.17) is 9.84 Å². The molecule has 0 atom stereocenters. The molecule has 3 nitrogen and oxygen atoms in total. The summed E-state index contributed by atoms with van der Waals surface area (Å²) in [5.41, 5.74) is 3.05. The molecule has 1 aromatic heterocycles. The van der Waals surface area contributed by atoms with Gasteiger partial charge < -0.3 is 9.84 Å². The first-order chi connectivity index (χ1) is 11.3. The van der Waals surface area contributed by atoms with Crippen LogP contribution in [0.3, 0.4) is 0 Å². The highest BCUT2D eigenvalue weighted by atomic mass is 19.1. The summed E-state index contributed by atoms with van der Waals surface area (Å²) in [6.45, 7) is 0.176. The Morgan fingerprint density at radius 1 is 0.957 bits per heavy atom. The molecule has 0 fully saturated rings. The fourth-order valence-electron chi connectivity index (χ4n) is 2.28. The van der Waals surface area contributed by atoms with Gasteiger partial charge in [-0.2, -0.15) is 0 Å². The Hall–Kier alpha value is -2.72. The first kappa shape index (κ1) is 15.2. The molecular weight excluding hydrogens is 293 g/mol. The van der Waals surface area contributed by atoms with Crippen molar-refractivity contribution in [3.8, 4) is 16.9 Å². The van der Waals surface area contributed by atoms with Crippen molar-refractivity contribution >= 4 is 0 Å². The quantitative estimate of drug-likeness (QED) is 0.775. The average molecular weight is 309 g/mol. The van der Waals surface area contributed by atoms with Crippen LogP contribution in [0.1, 0.15) is 11.3 Å². The molecule has 0 bridgehead atoms. The van der Waals surface area contributed by atoms with Gasteiger partial charge in [0, 0.05) is 6.20 Å². The lowest BCUT2D eigenvalue weighted by molar-refractivity contribution is 0.277. The normalized spacial score (nSPS) is 10.5. The van der Waals surface area contributed by atoms with Crippen LogP contribution in [-0.2, 0) is 13.2 Å². The van der Waals surface area contributed by atoms with Gasteiger partial charge >= 0.3 is 0 Å². The summed E-state index contributed by atoms with van der Waals surface area (Å²) in [6.07, 6.45) is 1.60. The smallest absolute Gasteiger partial charge is 0.165 e. The maximum atomic E-state index is 14.2. The molecule has 23 heavy (non-hydrogen) atoms. The van der Waals surface area contributed by atoms with Crippen LogP contribution in [0.2, 0.25) is 0 Å². The van der Waals surface area contributed by atoms with E-state index < -0.39 is 5.82 Å². The highest BCUT2D eigenvalue weighted by Crippen LogP contribution is 2.26. The van der Waals surface area contributed by atoms with E-state index in [0.29, 0.717) is 17.9 Å². The van der Waals surface area contributed by atoms with Gasteiger partial charge in [0.25, 0.3) is 0 Å². The van der Waals surface area contributed by atoms with Crippen LogP contribution in [-0.4, -0.2) is 10.1 Å². The third-order valence-corrected chi connectivity index (χ3v) is 3.48. The lowest BCUT2D eigenvalue weighted by Gasteiger charge is -2.09. The Kier molecular flexibility index (Phi) is 4.64. The largest absolute Gasteiger partial charge is 0.486 e. The number of nitrogens with zero attached hydrogens (tertiary/aromatic N) is 1. The Labute approximate surface area is 134 Å². The minimum absolute atomic E-state index is 0.144. The summed E-state index contributed by atoms with van der Waals surface area (Å²) in [5, 5.41) is 9.13. The number of aromatic nitrogens is 1. The van der Waals surface area contributed by atoms with Gasteiger partial charge in [0.05, 0.1) is 12.3 Å². The van der Waals surface area contributed by atoms with E-state index in [1.165, 1.54) is 6.07 Å². The van der Waals surface area contributed by atoms with Crippen LogP contribution in [0.15, 0.2) is 66.9 Å². The highest BCUT2D eigenvalue weighted by molar-refractivity contribution is 5.64. The van der Waals surface area contributed by atoms with Gasteiger partial charge in [0.1, 0.15) is 6.61 Å². The van der Waals surface area contributed by atoms with Crippen LogP contribution in [0.5, 0.6) is 5.75 Å². The van der Waals surface area contributed by atoms with Crippen LogP contribution in [0.4, 0.5) is 4.39 Å². The predicted octanol–water partition coefficient (Wildman–Crippen LogP) is 3.96. The molecule has 0 unspecified atom stereocenters. The van der Waals surface area contributed by atoms with Gasteiger partial charge in [-0.15, -0.1) is 0 Å². The standard InChI is InChI=1S/C19H16FNO2/c20-18-11-15(16-8-9-21-17(10-16)12-22)6-7-19(18)23-13-14-4-2-1-3-5-14/h1-11,22H,12-13H2. The molecule has 0 radical (unpaired) electrons. The zero-order valence-corrected chi connectivity index (χ0v) is 12.4. The van der Waals surface area contributed by atoms with E-state index in [9.17, 15) is 4.39 Å². The SMILES string of the molecule is OCc1cc(-c2ccc(OCc3ccccc3)c(F)c2)ccn1. The lowest BCUT2D eigenvalue weighted by Crippen LogP contribution is -1.97. The number of benzene rings is 2. The molecular formula is C19H16FNO2. The second kappa shape index (κ2) is 7.03. The molecule has 0 saturated heterocycles. The van der Waals surface area contributed by atoms with Crippen molar-refractivity contribution in [3.05, 3.63) is 83.9 Å². The van der Waals surface area contributed by atoms with Crippen LogP contribution >= 0.6 is 0 Å². The van der Waals surface area contributed by atoms with Crippen molar-refractivity contribution in [1.82, 2.24) is 4.98 Å². The summed E-state index contributed by atoms with van der Waals surface area (Å²) in [5.74, 6) is -0.199. The molecule has 0 aliphatic rings. The topological polar surface area (TPSA) is 42.4 Å². The molecule has 0 aliphatic heterocycles. The van der Waals surface area contributed by atoms with Crippen molar-refractivity contribution in [2.24, 2.45) is 0 Å². The summed E-state index contributed by atoms with van der Waals surface area (Å²) < 4.78 is 19.8. The first-order valence-corrected chi connectivity index (χ1v) is 7.28. The number of aliphatic hydroxyl groups is 1. The summed E-state index contributed by atoms with van der Waals surface area (Å²) in [4.78, 5) is 4.02. The molecule has 0 aliphatic carbocycles. The van der Waals surface area contributed by atoms with Gasteiger partial charge in [-0.25, -0.2) is 4.39 Å². The predicted molar refractivity (Wildman–Crippen MR) is 86.3 cm³/mol. The Balaban J connectivity index is 1.77. The van der Waals surface area contributed by atoms with E-state index in [1.54, 1.807) is 30.5 Å². The molecule has 1 N–H and O–H groups in total. The molecule has 1 heterocycles. The molecule has 3 aromatic rings. The third kappa shape index (κ3) is 3.73. The van der Waals surface area contributed by atoms with Crippen molar-refractivity contribution < 1.29 is 14.2 Å². The zero-order chi connectivity index (χ0) is 16.1. The molecule has 116 valence electrons. The number of hydrogen-bond acceptors (Lipinski definition) is 3. The van der Waals surface area contributed by atoms with E-state index >= 15 is 0 Å². The minimum Gasteiger partial charge on any atom is -0.486 e. The second-order valence-electron chi connectivity index (χ2n) is 5.11. The average Bonchev–Trinajstić information content (AvgIpc) is 2.61. The summed E-state index contributed by atoms with van der Waals surface area (Å²) >= 11 is 0. The van der Waals surface area contributed by atoms with Gasteiger partial charge in [0.2, 0.25) is 0 Å². The van der Waals surface area contributed by atoms with Gasteiger partial charge in [-0.1, -0.05) is 36.4 Å². The Bertz CT molecular complexity index is 790. The van der Waals surface area contributed by atoms with Gasteiger partial charge in [0.15, 0.2) is 11.6 Å². The number of ether oxygens (including phenoxy) is 1. The Morgan fingerprint density at radius 2 is 1.74 bits per heavy atom. The molecule has 3 rings (SSSR count). The lowest BCUT2D eigenvalue weighted by atomic mass is 10.1. The Morgan fingerprint density at radius 3 is 2.48 bits per heavy atom. The van der Waals surface area contributed by atoms with E-state index in [0.717, 1.165) is 11.1 Å². The van der Waals surface area contributed by atoms with Crippen LogP contribution < -0.4 is 4.74 Å². The summed E-state index contributed by atoms with van der Waals surface area (Å²) in [7, 11) is 0. The van der Waals surface area contributed by atoms with Crippen molar-refractivity contribution in [1.29, 1.82) is 0 Å². The third-order valence-electron chi connectivity index (χ3n) is 3.48. The number of pyridine rings is 1. The fraction of sp³-hybridized carbons (Fsp3) is 0.105. The van der Waals surface area contributed by atoms with Crippen molar-refractivity contribution in [2.75, 3.05) is 0 Å². The molecule has 4 heteroatoms. The summed E-state index contributed by atoms with van der Waals surface area (Å²) in [6, 6.07) is 18.0. The number of halogens is 1. The monoisotopic (exact) mass is 309 g/mol. The maximum Gasteiger partial charge on any atom is 0.165 e. The zero-order valence-electron chi connectivity index (χ0n) is 12.4. The van der Waals surface area contributed by atoms with Crippen LogP contribution in [0.25, 0.3) is 11.1 Å². The molecule has 2 aromatic carbocycles. The van der Waals surface area contributed by atoms with E-state index in [2.05, 4.69) is 4.98 Å². The number of aliphatic hydroxyl groups excluding tert-OH is 1. The fourth-order valence-corrected chi connectivity index (χ4v) is 2.28. The van der Waals surface area contributed by atoms with Gasteiger partial charge in [-0.3, -0.25) is 4.98 Å². The van der Waals surface area contributed by atoms with Crippen molar-refractivity contribution in [3.63, 3.8) is 0 Å². The molecule has 0 amide bonds. The van der Waals surface area contributed by atoms with E-state index in [1.807, 2.05) is 30.3 Å². The van der Waals surface area contributed by atoms with Gasteiger partial charge in [-0.05, 0) is 41.0 Å². The number of hydrogen-bond donors (Lipinski definition) is 1. The molecule has 0 saturated carbocycles. The highest BCUT2D eigenvalue weighted by Gasteiger charge is 2.07. The van der Waals surface area contributed by atoms with E-state index in [-0.39, 0.29) is 12.4 Å². The maximum absolute atomic E-state index is 14.2. The number of rotatable bonds is 5. The molecule has 0 spiro atoms. The minimum atomic E-state index is -0.416. The second-order valence-corrected chi connectivity index (χ2v) is 5.11.